The summed E-state index contributed by atoms with van der Waals surface area (Å²) in [4.78, 5) is 19.4. The zero-order chi connectivity index (χ0) is 17.9. The molecule has 1 aliphatic heterocycles. The second-order valence-corrected chi connectivity index (χ2v) is 6.30. The quantitative estimate of drug-likeness (QED) is 0.784. The van der Waals surface area contributed by atoms with Gasteiger partial charge in [-0.2, -0.15) is 5.10 Å². The van der Waals surface area contributed by atoms with Crippen molar-refractivity contribution in [3.8, 4) is 17.1 Å². The standard InChI is InChI=1S/C20H20N4O2/c1-26-16-11-9-15(10-12-16)20(25)24-13-5-8-17(24)19-21-18(22-23-19)14-6-3-2-4-7-14/h2-4,6-7,9-12,17H,5,8,13H2,1H3,(H,21,22,23)/t17-/m0/s1. The molecule has 0 aliphatic carbocycles. The molecular weight excluding hydrogens is 328 g/mol. The molecule has 0 spiro atoms. The average Bonchev–Trinajstić information content (AvgIpc) is 3.37. The molecule has 1 fully saturated rings. The number of benzene rings is 2. The summed E-state index contributed by atoms with van der Waals surface area (Å²) in [7, 11) is 1.61. The first kappa shape index (κ1) is 16.3. The Kier molecular flexibility index (Phi) is 4.39. The molecule has 1 amide bonds. The Morgan fingerprint density at radius 1 is 1.15 bits per heavy atom. The molecule has 0 unspecified atom stereocenters. The van der Waals surface area contributed by atoms with E-state index in [2.05, 4.69) is 15.2 Å². The number of aromatic nitrogens is 3. The van der Waals surface area contributed by atoms with Crippen molar-refractivity contribution in [2.45, 2.75) is 18.9 Å². The van der Waals surface area contributed by atoms with E-state index in [9.17, 15) is 4.79 Å². The highest BCUT2D eigenvalue weighted by molar-refractivity contribution is 5.94. The SMILES string of the molecule is COc1ccc(C(=O)N2CCC[C@H]2c2nc(-c3ccccc3)n[nH]2)cc1. The number of carbonyl (C=O) groups excluding carboxylic acids is 1. The molecule has 1 aliphatic rings. The number of nitrogens with one attached hydrogen (secondary N) is 1. The molecule has 1 N–H and O–H groups in total. The van der Waals surface area contributed by atoms with E-state index in [0.717, 1.165) is 36.5 Å². The first-order valence-corrected chi connectivity index (χ1v) is 8.69. The Balaban J connectivity index is 1.56. The highest BCUT2D eigenvalue weighted by Crippen LogP contribution is 2.32. The molecule has 6 nitrogen and oxygen atoms in total. The average molecular weight is 348 g/mol. The van der Waals surface area contributed by atoms with Crippen molar-refractivity contribution in [2.24, 2.45) is 0 Å². The van der Waals surface area contributed by atoms with Crippen molar-refractivity contribution in [2.75, 3.05) is 13.7 Å². The third kappa shape index (κ3) is 3.06. The van der Waals surface area contributed by atoms with Crippen LogP contribution in [0.25, 0.3) is 11.4 Å². The molecule has 2 heterocycles. The number of rotatable bonds is 4. The lowest BCUT2D eigenvalue weighted by atomic mass is 10.1. The van der Waals surface area contributed by atoms with Crippen LogP contribution in [0.15, 0.2) is 54.6 Å². The Hall–Kier alpha value is -3.15. The fraction of sp³-hybridized carbons (Fsp3) is 0.250. The lowest BCUT2D eigenvalue weighted by Crippen LogP contribution is -2.31. The van der Waals surface area contributed by atoms with Crippen LogP contribution >= 0.6 is 0 Å². The molecule has 26 heavy (non-hydrogen) atoms. The van der Waals surface area contributed by atoms with Gasteiger partial charge in [0.2, 0.25) is 0 Å². The Morgan fingerprint density at radius 3 is 2.65 bits per heavy atom. The first-order valence-electron chi connectivity index (χ1n) is 8.69. The minimum atomic E-state index is -0.0745. The number of carbonyl (C=O) groups is 1. The van der Waals surface area contributed by atoms with E-state index in [1.54, 1.807) is 31.4 Å². The van der Waals surface area contributed by atoms with Crippen molar-refractivity contribution in [1.29, 1.82) is 0 Å². The summed E-state index contributed by atoms with van der Waals surface area (Å²) < 4.78 is 5.16. The van der Waals surface area contributed by atoms with Crippen LogP contribution in [0.1, 0.15) is 35.1 Å². The Labute approximate surface area is 151 Å². The Bertz CT molecular complexity index is 890. The van der Waals surface area contributed by atoms with Crippen LogP contribution in [0.5, 0.6) is 5.75 Å². The maximum Gasteiger partial charge on any atom is 0.254 e. The smallest absolute Gasteiger partial charge is 0.254 e. The number of hydrogen-bond donors (Lipinski definition) is 1. The van der Waals surface area contributed by atoms with Crippen LogP contribution in [-0.2, 0) is 0 Å². The number of likely N-dealkylation sites (tertiary alicyclic amines) is 1. The monoisotopic (exact) mass is 348 g/mol. The normalized spacial score (nSPS) is 16.7. The van der Waals surface area contributed by atoms with E-state index in [1.165, 1.54) is 0 Å². The van der Waals surface area contributed by atoms with Gasteiger partial charge in [-0.1, -0.05) is 30.3 Å². The minimum absolute atomic E-state index is 0.00724. The molecule has 1 saturated heterocycles. The second-order valence-electron chi connectivity index (χ2n) is 6.30. The topological polar surface area (TPSA) is 71.1 Å². The Morgan fingerprint density at radius 2 is 1.92 bits per heavy atom. The lowest BCUT2D eigenvalue weighted by Gasteiger charge is -2.23. The van der Waals surface area contributed by atoms with Crippen LogP contribution in [0.4, 0.5) is 0 Å². The van der Waals surface area contributed by atoms with Gasteiger partial charge in [-0.15, -0.1) is 0 Å². The van der Waals surface area contributed by atoms with Gasteiger partial charge in [0.15, 0.2) is 5.82 Å². The predicted molar refractivity (Wildman–Crippen MR) is 97.8 cm³/mol. The molecule has 1 aromatic heterocycles. The first-order chi connectivity index (χ1) is 12.8. The van der Waals surface area contributed by atoms with Crippen LogP contribution in [0.3, 0.4) is 0 Å². The van der Waals surface area contributed by atoms with Gasteiger partial charge in [0.1, 0.15) is 11.6 Å². The molecule has 1 atom stereocenters. The molecule has 0 radical (unpaired) electrons. The van der Waals surface area contributed by atoms with Crippen LogP contribution < -0.4 is 4.74 Å². The van der Waals surface area contributed by atoms with Gasteiger partial charge in [-0.25, -0.2) is 4.98 Å². The molecule has 0 bridgehead atoms. The van der Waals surface area contributed by atoms with Crippen LogP contribution in [-0.4, -0.2) is 39.6 Å². The van der Waals surface area contributed by atoms with Gasteiger partial charge >= 0.3 is 0 Å². The number of aromatic amines is 1. The maximum absolute atomic E-state index is 12.9. The number of ether oxygens (including phenoxy) is 1. The second kappa shape index (κ2) is 7.00. The molecule has 132 valence electrons. The van der Waals surface area contributed by atoms with E-state index in [-0.39, 0.29) is 11.9 Å². The summed E-state index contributed by atoms with van der Waals surface area (Å²) in [5.41, 5.74) is 1.61. The molecule has 3 aromatic rings. The van der Waals surface area contributed by atoms with Crippen molar-refractivity contribution in [1.82, 2.24) is 20.1 Å². The van der Waals surface area contributed by atoms with E-state index in [4.69, 9.17) is 4.74 Å². The fourth-order valence-corrected chi connectivity index (χ4v) is 3.33. The van der Waals surface area contributed by atoms with Crippen LogP contribution in [0, 0.1) is 0 Å². The maximum atomic E-state index is 12.9. The van der Waals surface area contributed by atoms with Gasteiger partial charge in [0.05, 0.1) is 13.2 Å². The molecule has 6 heteroatoms. The van der Waals surface area contributed by atoms with E-state index >= 15 is 0 Å². The zero-order valence-corrected chi connectivity index (χ0v) is 14.6. The van der Waals surface area contributed by atoms with Gasteiger partial charge in [-0.05, 0) is 37.1 Å². The largest absolute Gasteiger partial charge is 0.497 e. The third-order valence-corrected chi connectivity index (χ3v) is 4.70. The van der Waals surface area contributed by atoms with Crippen molar-refractivity contribution >= 4 is 5.91 Å². The number of hydrogen-bond acceptors (Lipinski definition) is 4. The summed E-state index contributed by atoms with van der Waals surface area (Å²) in [6, 6.07) is 17.0. The minimum Gasteiger partial charge on any atom is -0.497 e. The van der Waals surface area contributed by atoms with Gasteiger partial charge in [-0.3, -0.25) is 9.89 Å². The molecule has 0 saturated carbocycles. The van der Waals surface area contributed by atoms with Crippen LogP contribution in [0.2, 0.25) is 0 Å². The fourth-order valence-electron chi connectivity index (χ4n) is 3.33. The van der Waals surface area contributed by atoms with Crippen molar-refractivity contribution in [3.63, 3.8) is 0 Å². The molecule has 2 aromatic carbocycles. The lowest BCUT2D eigenvalue weighted by molar-refractivity contribution is 0.0730. The summed E-state index contributed by atoms with van der Waals surface area (Å²) in [5.74, 6) is 2.14. The summed E-state index contributed by atoms with van der Waals surface area (Å²) in [6.07, 6.45) is 1.83. The van der Waals surface area contributed by atoms with Crippen molar-refractivity contribution in [3.05, 3.63) is 66.0 Å². The molecular formula is C20H20N4O2. The zero-order valence-electron chi connectivity index (χ0n) is 14.6. The van der Waals surface area contributed by atoms with Gasteiger partial charge < -0.3 is 9.64 Å². The number of amides is 1. The predicted octanol–water partition coefficient (Wildman–Crippen LogP) is 3.46. The van der Waals surface area contributed by atoms with Gasteiger partial charge in [0.25, 0.3) is 5.91 Å². The van der Waals surface area contributed by atoms with Crippen molar-refractivity contribution < 1.29 is 9.53 Å². The summed E-state index contributed by atoms with van der Waals surface area (Å²) in [6.45, 7) is 0.719. The van der Waals surface area contributed by atoms with Gasteiger partial charge in [0, 0.05) is 17.7 Å². The molecule has 4 rings (SSSR count). The highest BCUT2D eigenvalue weighted by Gasteiger charge is 2.33. The summed E-state index contributed by atoms with van der Waals surface area (Å²) >= 11 is 0. The highest BCUT2D eigenvalue weighted by atomic mass is 16.5. The third-order valence-electron chi connectivity index (χ3n) is 4.70. The number of H-pyrrole nitrogens is 1. The number of nitrogens with zero attached hydrogens (tertiary/aromatic N) is 3. The van der Waals surface area contributed by atoms with E-state index < -0.39 is 0 Å². The van der Waals surface area contributed by atoms with E-state index in [1.807, 2.05) is 35.2 Å². The van der Waals surface area contributed by atoms with E-state index in [0.29, 0.717) is 11.4 Å². The number of methoxy groups -OCH3 is 1. The summed E-state index contributed by atoms with van der Waals surface area (Å²) in [5, 5.41) is 7.36.